The van der Waals surface area contributed by atoms with E-state index in [1.807, 2.05) is 0 Å². The summed E-state index contributed by atoms with van der Waals surface area (Å²) in [4.78, 5) is 22.5. The van der Waals surface area contributed by atoms with Crippen LogP contribution in [0.15, 0.2) is 18.2 Å². The van der Waals surface area contributed by atoms with Crippen molar-refractivity contribution in [1.29, 1.82) is 0 Å². The van der Waals surface area contributed by atoms with Gasteiger partial charge in [-0.05, 0) is 24.6 Å². The number of halogens is 3. The Bertz CT molecular complexity index is 544. The smallest absolute Gasteiger partial charge is 0.416 e. The van der Waals surface area contributed by atoms with E-state index >= 15 is 0 Å². The van der Waals surface area contributed by atoms with Crippen LogP contribution in [-0.2, 0) is 11.0 Å². The van der Waals surface area contributed by atoms with Gasteiger partial charge in [-0.15, -0.1) is 0 Å². The van der Waals surface area contributed by atoms with Crippen LogP contribution in [0.5, 0.6) is 0 Å². The maximum Gasteiger partial charge on any atom is 0.416 e. The SMILES string of the molecule is CCC[C@H](N)C(=O)Nc1cc(C(=O)O)cc(C(F)(F)F)c1. The molecule has 5 nitrogen and oxygen atoms in total. The van der Waals surface area contributed by atoms with Gasteiger partial charge in [0.1, 0.15) is 0 Å². The zero-order valence-corrected chi connectivity index (χ0v) is 11.2. The predicted octanol–water partition coefficient (Wildman–Crippen LogP) is 2.47. The van der Waals surface area contributed by atoms with Crippen LogP contribution >= 0.6 is 0 Å². The molecule has 0 saturated carbocycles. The number of carboxylic acids is 1. The highest BCUT2D eigenvalue weighted by Crippen LogP contribution is 2.32. The highest BCUT2D eigenvalue weighted by molar-refractivity contribution is 5.96. The van der Waals surface area contributed by atoms with Gasteiger partial charge in [0.15, 0.2) is 0 Å². The lowest BCUT2D eigenvalue weighted by Gasteiger charge is -2.14. The topological polar surface area (TPSA) is 92.4 Å². The number of anilines is 1. The number of hydrogen-bond donors (Lipinski definition) is 3. The van der Waals surface area contributed by atoms with Crippen LogP contribution < -0.4 is 11.1 Å². The number of benzene rings is 1. The molecule has 0 unspecified atom stereocenters. The Labute approximate surface area is 118 Å². The van der Waals surface area contributed by atoms with Crippen molar-refractivity contribution in [2.24, 2.45) is 5.73 Å². The summed E-state index contributed by atoms with van der Waals surface area (Å²) in [6, 6.07) is 1.26. The second-order valence-corrected chi connectivity index (χ2v) is 4.49. The van der Waals surface area contributed by atoms with E-state index < -0.39 is 35.2 Å². The molecule has 0 radical (unpaired) electrons. The second-order valence-electron chi connectivity index (χ2n) is 4.49. The molecule has 0 spiro atoms. The first-order valence-corrected chi connectivity index (χ1v) is 6.17. The Morgan fingerprint density at radius 2 is 1.95 bits per heavy atom. The van der Waals surface area contributed by atoms with E-state index in [4.69, 9.17) is 10.8 Å². The molecule has 0 aromatic heterocycles. The Morgan fingerprint density at radius 1 is 1.33 bits per heavy atom. The number of amides is 1. The predicted molar refractivity (Wildman–Crippen MR) is 69.9 cm³/mol. The highest BCUT2D eigenvalue weighted by Gasteiger charge is 2.32. The van der Waals surface area contributed by atoms with Crippen molar-refractivity contribution < 1.29 is 27.9 Å². The molecule has 1 amide bonds. The summed E-state index contributed by atoms with van der Waals surface area (Å²) in [5.41, 5.74) is 3.58. The molecule has 0 aliphatic heterocycles. The first-order valence-electron chi connectivity index (χ1n) is 6.17. The summed E-state index contributed by atoms with van der Waals surface area (Å²) in [6.45, 7) is 1.81. The van der Waals surface area contributed by atoms with Gasteiger partial charge < -0.3 is 16.2 Å². The summed E-state index contributed by atoms with van der Waals surface area (Å²) in [7, 11) is 0. The van der Waals surface area contributed by atoms with Crippen LogP contribution in [0.3, 0.4) is 0 Å². The minimum atomic E-state index is -4.71. The number of carbonyl (C=O) groups excluding carboxylic acids is 1. The normalized spacial score (nSPS) is 12.8. The molecule has 0 saturated heterocycles. The summed E-state index contributed by atoms with van der Waals surface area (Å²) >= 11 is 0. The molecule has 1 atom stereocenters. The number of rotatable bonds is 5. The van der Waals surface area contributed by atoms with E-state index in [2.05, 4.69) is 5.32 Å². The zero-order chi connectivity index (χ0) is 16.2. The lowest BCUT2D eigenvalue weighted by Crippen LogP contribution is -2.35. The van der Waals surface area contributed by atoms with E-state index in [0.29, 0.717) is 25.0 Å². The van der Waals surface area contributed by atoms with Gasteiger partial charge in [-0.25, -0.2) is 4.79 Å². The molecule has 116 valence electrons. The van der Waals surface area contributed by atoms with Gasteiger partial charge in [0.05, 0.1) is 17.2 Å². The number of carbonyl (C=O) groups is 2. The number of aromatic carboxylic acids is 1. The van der Waals surface area contributed by atoms with Crippen molar-refractivity contribution in [1.82, 2.24) is 0 Å². The molecule has 1 rings (SSSR count). The number of nitrogens with two attached hydrogens (primary N) is 1. The van der Waals surface area contributed by atoms with E-state index in [1.54, 1.807) is 6.92 Å². The summed E-state index contributed by atoms with van der Waals surface area (Å²) < 4.78 is 38.1. The Morgan fingerprint density at radius 3 is 2.43 bits per heavy atom. The van der Waals surface area contributed by atoms with Gasteiger partial charge in [-0.2, -0.15) is 13.2 Å². The fraction of sp³-hybridized carbons (Fsp3) is 0.385. The zero-order valence-electron chi connectivity index (χ0n) is 11.2. The minimum absolute atomic E-state index is 0.251. The molecule has 0 bridgehead atoms. The number of carboxylic acid groups (broad SMARTS) is 1. The molecular formula is C13H15F3N2O3. The van der Waals surface area contributed by atoms with Crippen LogP contribution in [0.25, 0.3) is 0 Å². The molecule has 21 heavy (non-hydrogen) atoms. The Hall–Kier alpha value is -2.09. The van der Waals surface area contributed by atoms with Crippen LogP contribution in [0.2, 0.25) is 0 Å². The maximum atomic E-state index is 12.7. The molecule has 1 aromatic carbocycles. The third-order valence-electron chi connectivity index (χ3n) is 2.71. The van der Waals surface area contributed by atoms with Crippen LogP contribution in [-0.4, -0.2) is 23.0 Å². The van der Waals surface area contributed by atoms with Gasteiger partial charge >= 0.3 is 12.1 Å². The van der Waals surface area contributed by atoms with Gasteiger partial charge in [0.25, 0.3) is 0 Å². The standard InChI is InChI=1S/C13H15F3N2O3/c1-2-3-10(17)11(19)18-9-5-7(12(20)21)4-8(6-9)13(14,15)16/h4-6,10H,2-3,17H2,1H3,(H,18,19)(H,20,21)/t10-/m0/s1. The van der Waals surface area contributed by atoms with Crippen molar-refractivity contribution in [3.8, 4) is 0 Å². The highest BCUT2D eigenvalue weighted by atomic mass is 19.4. The fourth-order valence-electron chi connectivity index (χ4n) is 1.66. The monoisotopic (exact) mass is 304 g/mol. The van der Waals surface area contributed by atoms with Gasteiger partial charge in [-0.3, -0.25) is 4.79 Å². The summed E-state index contributed by atoms with van der Waals surface area (Å²) in [5.74, 6) is -2.18. The van der Waals surface area contributed by atoms with Crippen molar-refractivity contribution in [3.05, 3.63) is 29.3 Å². The average molecular weight is 304 g/mol. The largest absolute Gasteiger partial charge is 0.478 e. The summed E-state index contributed by atoms with van der Waals surface area (Å²) in [6.07, 6.45) is -3.70. The van der Waals surface area contributed by atoms with E-state index in [9.17, 15) is 22.8 Å². The number of nitrogens with one attached hydrogen (secondary N) is 1. The third-order valence-corrected chi connectivity index (χ3v) is 2.71. The van der Waals surface area contributed by atoms with Gasteiger partial charge in [0.2, 0.25) is 5.91 Å². The van der Waals surface area contributed by atoms with Crippen molar-refractivity contribution in [3.63, 3.8) is 0 Å². The Kier molecular flexibility index (Phi) is 5.31. The maximum absolute atomic E-state index is 12.7. The molecule has 1 aromatic rings. The van der Waals surface area contributed by atoms with Crippen molar-refractivity contribution in [2.75, 3.05) is 5.32 Å². The molecule has 0 heterocycles. The third kappa shape index (κ3) is 4.75. The lowest BCUT2D eigenvalue weighted by molar-refractivity contribution is -0.137. The Balaban J connectivity index is 3.09. The molecule has 0 aliphatic carbocycles. The average Bonchev–Trinajstić information content (AvgIpc) is 2.37. The van der Waals surface area contributed by atoms with E-state index in [1.165, 1.54) is 0 Å². The molecule has 0 fully saturated rings. The lowest BCUT2D eigenvalue weighted by atomic mass is 10.1. The van der Waals surface area contributed by atoms with Crippen molar-refractivity contribution >= 4 is 17.6 Å². The van der Waals surface area contributed by atoms with E-state index in [0.717, 1.165) is 6.07 Å². The van der Waals surface area contributed by atoms with E-state index in [-0.39, 0.29) is 5.69 Å². The minimum Gasteiger partial charge on any atom is -0.478 e. The molecular weight excluding hydrogens is 289 g/mol. The van der Waals surface area contributed by atoms with Crippen LogP contribution in [0.1, 0.15) is 35.7 Å². The van der Waals surface area contributed by atoms with Crippen LogP contribution in [0, 0.1) is 0 Å². The first kappa shape index (κ1) is 17.0. The molecule has 0 aliphatic rings. The van der Waals surface area contributed by atoms with Crippen molar-refractivity contribution in [2.45, 2.75) is 32.0 Å². The number of hydrogen-bond acceptors (Lipinski definition) is 3. The fourth-order valence-corrected chi connectivity index (χ4v) is 1.66. The second kappa shape index (κ2) is 6.57. The summed E-state index contributed by atoms with van der Waals surface area (Å²) in [5, 5.41) is 11.0. The van der Waals surface area contributed by atoms with Gasteiger partial charge in [-0.1, -0.05) is 13.3 Å². The van der Waals surface area contributed by atoms with Crippen LogP contribution in [0.4, 0.5) is 18.9 Å². The molecule has 8 heteroatoms. The van der Waals surface area contributed by atoms with Gasteiger partial charge in [0, 0.05) is 5.69 Å². The molecule has 4 N–H and O–H groups in total. The first-order chi connectivity index (χ1) is 9.65. The quantitative estimate of drug-likeness (QED) is 0.779. The number of alkyl halides is 3.